The number of rotatable bonds is 5. The number of carbonyl (C=O) groups excluding carboxylic acids is 1. The predicted octanol–water partition coefficient (Wildman–Crippen LogP) is 1.86. The van der Waals surface area contributed by atoms with E-state index in [1.54, 1.807) is 24.1 Å². The van der Waals surface area contributed by atoms with E-state index in [4.69, 9.17) is 5.73 Å². The van der Waals surface area contributed by atoms with Crippen LogP contribution in [0.4, 0.5) is 0 Å². The van der Waals surface area contributed by atoms with E-state index in [9.17, 15) is 4.79 Å². The molecule has 2 aromatic rings. The van der Waals surface area contributed by atoms with Gasteiger partial charge in [0.2, 0.25) is 5.91 Å². The first-order valence-electron chi connectivity index (χ1n) is 7.08. The van der Waals surface area contributed by atoms with Crippen molar-refractivity contribution in [1.82, 2.24) is 15.1 Å². The molecule has 2 rings (SSSR count). The smallest absolute Gasteiger partial charge is 0.241 e. The Balaban J connectivity index is 1.91. The second-order valence-electron chi connectivity index (χ2n) is 5.54. The minimum Gasteiger partial charge on any atom is -0.350 e. The van der Waals surface area contributed by atoms with E-state index >= 15 is 0 Å². The Hall–Kier alpha value is -2.14. The van der Waals surface area contributed by atoms with Crippen molar-refractivity contribution in [1.29, 1.82) is 0 Å². The van der Waals surface area contributed by atoms with E-state index in [0.717, 1.165) is 5.56 Å². The highest BCUT2D eigenvalue weighted by Gasteiger charge is 2.16. The molecule has 1 aromatic heterocycles. The molecule has 112 valence electrons. The van der Waals surface area contributed by atoms with Crippen LogP contribution in [0.25, 0.3) is 0 Å². The third-order valence-electron chi connectivity index (χ3n) is 3.48. The fourth-order valence-electron chi connectivity index (χ4n) is 2.07. The summed E-state index contributed by atoms with van der Waals surface area (Å²) in [5, 5.41) is 6.88. The molecule has 21 heavy (non-hydrogen) atoms. The molecule has 0 radical (unpaired) electrons. The van der Waals surface area contributed by atoms with Gasteiger partial charge in [-0.3, -0.25) is 9.48 Å². The first-order chi connectivity index (χ1) is 9.97. The number of carbonyl (C=O) groups is 1. The highest BCUT2D eigenvalue weighted by atomic mass is 16.2. The lowest BCUT2D eigenvalue weighted by molar-refractivity contribution is -0.122. The van der Waals surface area contributed by atoms with E-state index in [0.29, 0.717) is 18.0 Å². The molecule has 1 unspecified atom stereocenters. The molecule has 1 heterocycles. The van der Waals surface area contributed by atoms with E-state index in [2.05, 4.69) is 36.4 Å². The second kappa shape index (κ2) is 6.54. The summed E-state index contributed by atoms with van der Waals surface area (Å²) >= 11 is 0. The monoisotopic (exact) mass is 286 g/mol. The number of amides is 1. The van der Waals surface area contributed by atoms with Crippen molar-refractivity contribution in [2.75, 3.05) is 0 Å². The molecular formula is C16H22N4O. The highest BCUT2D eigenvalue weighted by Crippen LogP contribution is 2.15. The Labute approximate surface area is 125 Å². The van der Waals surface area contributed by atoms with Gasteiger partial charge in [0, 0.05) is 25.4 Å². The molecule has 0 aliphatic rings. The normalized spacial score (nSPS) is 12.4. The minimum atomic E-state index is -0.686. The van der Waals surface area contributed by atoms with E-state index in [1.807, 2.05) is 12.1 Å². The van der Waals surface area contributed by atoms with Crippen LogP contribution in [-0.4, -0.2) is 15.7 Å². The molecule has 0 saturated carbocycles. The largest absolute Gasteiger partial charge is 0.350 e. The highest BCUT2D eigenvalue weighted by molar-refractivity contribution is 5.82. The summed E-state index contributed by atoms with van der Waals surface area (Å²) in [5.74, 6) is 0.309. The number of nitrogens with zero attached hydrogens (tertiary/aromatic N) is 2. The first kappa shape index (κ1) is 15.3. The topological polar surface area (TPSA) is 72.9 Å². The summed E-state index contributed by atoms with van der Waals surface area (Å²) in [6.07, 6.45) is 3.36. The molecule has 0 bridgehead atoms. The zero-order valence-electron chi connectivity index (χ0n) is 12.7. The summed E-state index contributed by atoms with van der Waals surface area (Å²) in [6, 6.07) is 7.56. The van der Waals surface area contributed by atoms with Gasteiger partial charge in [0.1, 0.15) is 6.04 Å². The number of aromatic nitrogens is 2. The Kier molecular flexibility index (Phi) is 4.75. The van der Waals surface area contributed by atoms with E-state index < -0.39 is 6.04 Å². The van der Waals surface area contributed by atoms with Gasteiger partial charge in [-0.1, -0.05) is 38.1 Å². The zero-order valence-corrected chi connectivity index (χ0v) is 12.7. The van der Waals surface area contributed by atoms with Crippen LogP contribution in [0.2, 0.25) is 0 Å². The lowest BCUT2D eigenvalue weighted by Gasteiger charge is -2.11. The number of hydrogen-bond acceptors (Lipinski definition) is 3. The molecular weight excluding hydrogens is 264 g/mol. The maximum atomic E-state index is 12.0. The van der Waals surface area contributed by atoms with Gasteiger partial charge in [-0.2, -0.15) is 5.10 Å². The molecule has 1 amide bonds. The molecule has 3 N–H and O–H groups in total. The van der Waals surface area contributed by atoms with E-state index in [-0.39, 0.29) is 5.91 Å². The van der Waals surface area contributed by atoms with Crippen molar-refractivity contribution in [2.24, 2.45) is 12.8 Å². The van der Waals surface area contributed by atoms with Crippen LogP contribution < -0.4 is 11.1 Å². The average Bonchev–Trinajstić information content (AvgIpc) is 2.91. The van der Waals surface area contributed by atoms with Crippen LogP contribution >= 0.6 is 0 Å². The first-order valence-corrected chi connectivity index (χ1v) is 7.08. The summed E-state index contributed by atoms with van der Waals surface area (Å²) < 4.78 is 1.63. The van der Waals surface area contributed by atoms with Crippen LogP contribution in [0.15, 0.2) is 36.7 Å². The molecule has 1 atom stereocenters. The number of nitrogens with two attached hydrogens (primary N) is 1. The van der Waals surface area contributed by atoms with Crippen LogP contribution in [0.5, 0.6) is 0 Å². The Bertz CT molecular complexity index is 601. The molecule has 0 aliphatic heterocycles. The van der Waals surface area contributed by atoms with Crippen molar-refractivity contribution in [2.45, 2.75) is 32.4 Å². The number of nitrogens with one attached hydrogen (secondary N) is 1. The van der Waals surface area contributed by atoms with Gasteiger partial charge in [0.15, 0.2) is 0 Å². The van der Waals surface area contributed by atoms with Gasteiger partial charge in [0.25, 0.3) is 0 Å². The van der Waals surface area contributed by atoms with Gasteiger partial charge < -0.3 is 11.1 Å². The number of hydrogen-bond donors (Lipinski definition) is 2. The summed E-state index contributed by atoms with van der Waals surface area (Å²) in [6.45, 7) is 4.79. The number of aryl methyl sites for hydroxylation is 1. The van der Waals surface area contributed by atoms with Gasteiger partial charge in [-0.25, -0.2) is 0 Å². The quantitative estimate of drug-likeness (QED) is 0.881. The van der Waals surface area contributed by atoms with Crippen molar-refractivity contribution in [3.8, 4) is 0 Å². The lowest BCUT2D eigenvalue weighted by atomic mass is 10.0. The zero-order chi connectivity index (χ0) is 15.4. The standard InChI is InChI=1S/C16H22N4O/c1-11(2)13-6-4-12(5-7-13)8-18-16(21)15(17)14-9-19-20(3)10-14/h4-7,9-11,15H,8,17H2,1-3H3,(H,18,21). The minimum absolute atomic E-state index is 0.198. The Morgan fingerprint density at radius 1 is 1.29 bits per heavy atom. The van der Waals surface area contributed by atoms with Crippen LogP contribution in [0.3, 0.4) is 0 Å². The Morgan fingerprint density at radius 3 is 2.48 bits per heavy atom. The molecule has 5 nitrogen and oxygen atoms in total. The summed E-state index contributed by atoms with van der Waals surface area (Å²) in [7, 11) is 1.80. The fraction of sp³-hybridized carbons (Fsp3) is 0.375. The molecule has 0 aliphatic carbocycles. The SMILES string of the molecule is CC(C)c1ccc(CNC(=O)C(N)c2cnn(C)c2)cc1. The lowest BCUT2D eigenvalue weighted by Crippen LogP contribution is -2.33. The van der Waals surface area contributed by atoms with Crippen molar-refractivity contribution in [3.05, 3.63) is 53.3 Å². The third kappa shape index (κ3) is 3.92. The predicted molar refractivity (Wildman–Crippen MR) is 82.5 cm³/mol. The maximum absolute atomic E-state index is 12.0. The van der Waals surface area contributed by atoms with Gasteiger partial charge in [-0.15, -0.1) is 0 Å². The summed E-state index contributed by atoms with van der Waals surface area (Å²) in [5.41, 5.74) is 8.98. The van der Waals surface area contributed by atoms with Gasteiger partial charge in [-0.05, 0) is 17.0 Å². The van der Waals surface area contributed by atoms with Crippen LogP contribution in [0.1, 0.15) is 42.5 Å². The van der Waals surface area contributed by atoms with Crippen molar-refractivity contribution in [3.63, 3.8) is 0 Å². The Morgan fingerprint density at radius 2 is 1.95 bits per heavy atom. The number of benzene rings is 1. The molecule has 5 heteroatoms. The van der Waals surface area contributed by atoms with Crippen LogP contribution in [-0.2, 0) is 18.4 Å². The second-order valence-corrected chi connectivity index (χ2v) is 5.54. The molecule has 0 fully saturated rings. The summed E-state index contributed by atoms with van der Waals surface area (Å²) in [4.78, 5) is 12.0. The van der Waals surface area contributed by atoms with Crippen LogP contribution in [0, 0.1) is 0 Å². The molecule has 0 saturated heterocycles. The van der Waals surface area contributed by atoms with E-state index in [1.165, 1.54) is 5.56 Å². The fourth-order valence-corrected chi connectivity index (χ4v) is 2.07. The van der Waals surface area contributed by atoms with Gasteiger partial charge >= 0.3 is 0 Å². The average molecular weight is 286 g/mol. The van der Waals surface area contributed by atoms with Crippen molar-refractivity contribution >= 4 is 5.91 Å². The van der Waals surface area contributed by atoms with Gasteiger partial charge in [0.05, 0.1) is 6.20 Å². The molecule has 0 spiro atoms. The third-order valence-corrected chi connectivity index (χ3v) is 3.48. The van der Waals surface area contributed by atoms with Crippen molar-refractivity contribution < 1.29 is 4.79 Å². The molecule has 1 aromatic carbocycles. The maximum Gasteiger partial charge on any atom is 0.241 e.